The summed E-state index contributed by atoms with van der Waals surface area (Å²) < 4.78 is 0. The molecule has 2 rings (SSSR count). The van der Waals surface area contributed by atoms with E-state index in [0.717, 1.165) is 18.5 Å². The molecule has 0 spiro atoms. The molecule has 0 aliphatic carbocycles. The van der Waals surface area contributed by atoms with Gasteiger partial charge in [-0.1, -0.05) is 13.8 Å². The summed E-state index contributed by atoms with van der Waals surface area (Å²) in [7, 11) is 0. The first-order valence-corrected chi connectivity index (χ1v) is 7.09. The summed E-state index contributed by atoms with van der Waals surface area (Å²) in [6, 6.07) is 0.518. The van der Waals surface area contributed by atoms with Crippen LogP contribution in [0.3, 0.4) is 0 Å². The summed E-state index contributed by atoms with van der Waals surface area (Å²) in [5.41, 5.74) is 7.79. The fourth-order valence-electron chi connectivity index (χ4n) is 2.91. The molecule has 0 radical (unpaired) electrons. The Morgan fingerprint density at radius 1 is 1.37 bits per heavy atom. The van der Waals surface area contributed by atoms with Crippen molar-refractivity contribution >= 4 is 11.6 Å². The van der Waals surface area contributed by atoms with E-state index in [4.69, 9.17) is 5.73 Å². The van der Waals surface area contributed by atoms with Crippen molar-refractivity contribution in [3.8, 4) is 0 Å². The van der Waals surface area contributed by atoms with Crippen molar-refractivity contribution in [1.29, 1.82) is 0 Å². The van der Waals surface area contributed by atoms with Crippen molar-refractivity contribution in [2.24, 2.45) is 0 Å². The summed E-state index contributed by atoms with van der Waals surface area (Å²) in [4.78, 5) is 14.6. The van der Waals surface area contributed by atoms with Gasteiger partial charge in [-0.05, 0) is 39.0 Å². The van der Waals surface area contributed by atoms with Gasteiger partial charge in [-0.2, -0.15) is 5.10 Å². The van der Waals surface area contributed by atoms with Crippen molar-refractivity contribution in [1.82, 2.24) is 15.1 Å². The average Bonchev–Trinajstić information content (AvgIpc) is 2.70. The first-order valence-electron chi connectivity index (χ1n) is 7.09. The highest BCUT2D eigenvalue weighted by molar-refractivity contribution is 5.98. The van der Waals surface area contributed by atoms with E-state index in [1.165, 1.54) is 6.42 Å². The predicted molar refractivity (Wildman–Crippen MR) is 76.0 cm³/mol. The Bertz CT molecular complexity index is 456. The van der Waals surface area contributed by atoms with Crippen LogP contribution in [-0.2, 0) is 0 Å². The van der Waals surface area contributed by atoms with Gasteiger partial charge in [-0.3, -0.25) is 9.89 Å². The Balaban J connectivity index is 2.28. The third kappa shape index (κ3) is 2.46. The lowest BCUT2D eigenvalue weighted by molar-refractivity contribution is 0.0505. The number of aromatic amines is 1. The van der Waals surface area contributed by atoms with Crippen LogP contribution in [0, 0.1) is 0 Å². The first-order chi connectivity index (χ1) is 8.93. The molecule has 1 amide bonds. The van der Waals surface area contributed by atoms with Crippen LogP contribution in [0.15, 0.2) is 0 Å². The van der Waals surface area contributed by atoms with E-state index in [-0.39, 0.29) is 23.9 Å². The second-order valence-corrected chi connectivity index (χ2v) is 5.90. The first kappa shape index (κ1) is 13.9. The number of hydrogen-bond acceptors (Lipinski definition) is 3. The van der Waals surface area contributed by atoms with Crippen LogP contribution in [0.2, 0.25) is 0 Å². The van der Waals surface area contributed by atoms with Gasteiger partial charge in [0.25, 0.3) is 5.91 Å². The number of piperidine rings is 1. The van der Waals surface area contributed by atoms with E-state index < -0.39 is 0 Å². The van der Waals surface area contributed by atoms with Crippen LogP contribution in [0.4, 0.5) is 5.69 Å². The van der Waals surface area contributed by atoms with Gasteiger partial charge in [0, 0.05) is 12.1 Å². The monoisotopic (exact) mass is 264 g/mol. The van der Waals surface area contributed by atoms with E-state index in [1.54, 1.807) is 0 Å². The van der Waals surface area contributed by atoms with Gasteiger partial charge >= 0.3 is 0 Å². The molecule has 1 aliphatic rings. The number of nitrogens with one attached hydrogen (secondary N) is 1. The van der Waals surface area contributed by atoms with Crippen LogP contribution in [-0.4, -0.2) is 33.1 Å². The molecule has 19 heavy (non-hydrogen) atoms. The number of likely N-dealkylation sites (tertiary alicyclic amines) is 1. The third-order valence-corrected chi connectivity index (χ3v) is 4.04. The number of nitrogens with two attached hydrogens (primary N) is 1. The minimum atomic E-state index is -0.0413. The topological polar surface area (TPSA) is 75.0 Å². The Labute approximate surface area is 114 Å². The van der Waals surface area contributed by atoms with Crippen LogP contribution in [0.5, 0.6) is 0 Å². The number of nitrogens with zero attached hydrogens (tertiary/aromatic N) is 2. The Hall–Kier alpha value is -1.52. The lowest BCUT2D eigenvalue weighted by Gasteiger charge is -2.38. The summed E-state index contributed by atoms with van der Waals surface area (Å²) in [5.74, 6) is 0.200. The van der Waals surface area contributed by atoms with Crippen LogP contribution < -0.4 is 5.73 Å². The van der Waals surface area contributed by atoms with Gasteiger partial charge in [0.15, 0.2) is 5.69 Å². The van der Waals surface area contributed by atoms with Crippen LogP contribution >= 0.6 is 0 Å². The van der Waals surface area contributed by atoms with Crippen LogP contribution in [0.1, 0.15) is 69.1 Å². The highest BCUT2D eigenvalue weighted by Gasteiger charge is 2.32. The lowest BCUT2D eigenvalue weighted by atomic mass is 9.97. The fourth-order valence-corrected chi connectivity index (χ4v) is 2.91. The van der Waals surface area contributed by atoms with E-state index in [2.05, 4.69) is 24.0 Å². The normalized spacial score (nSPS) is 23.9. The summed E-state index contributed by atoms with van der Waals surface area (Å²) >= 11 is 0. The van der Waals surface area contributed by atoms with Gasteiger partial charge < -0.3 is 10.6 Å². The van der Waals surface area contributed by atoms with E-state index in [9.17, 15) is 4.79 Å². The number of hydrogen-bond donors (Lipinski definition) is 2. The smallest absolute Gasteiger partial charge is 0.276 e. The molecule has 1 aromatic rings. The Kier molecular flexibility index (Phi) is 3.83. The molecule has 1 aliphatic heterocycles. The van der Waals surface area contributed by atoms with E-state index in [1.807, 2.05) is 18.7 Å². The minimum Gasteiger partial charge on any atom is -0.395 e. The summed E-state index contributed by atoms with van der Waals surface area (Å²) in [5, 5.41) is 7.04. The zero-order valence-electron chi connectivity index (χ0n) is 12.2. The van der Waals surface area contributed by atoms with E-state index >= 15 is 0 Å². The molecular formula is C14H24N4O. The number of H-pyrrole nitrogens is 1. The zero-order chi connectivity index (χ0) is 14.2. The average molecular weight is 264 g/mol. The van der Waals surface area contributed by atoms with E-state index in [0.29, 0.717) is 11.4 Å². The molecule has 5 nitrogen and oxygen atoms in total. The maximum Gasteiger partial charge on any atom is 0.276 e. The third-order valence-electron chi connectivity index (χ3n) is 4.04. The molecule has 0 bridgehead atoms. The molecule has 5 heteroatoms. The van der Waals surface area contributed by atoms with Gasteiger partial charge in [0.2, 0.25) is 0 Å². The number of aromatic nitrogens is 2. The number of rotatable bonds is 2. The number of carbonyl (C=O) groups excluding carboxylic acids is 1. The van der Waals surface area contributed by atoms with Crippen molar-refractivity contribution in [3.63, 3.8) is 0 Å². The number of nitrogen functional groups attached to an aromatic ring is 1. The summed E-state index contributed by atoms with van der Waals surface area (Å²) in [6.07, 6.45) is 3.29. The number of carbonyl (C=O) groups is 1. The summed E-state index contributed by atoms with van der Waals surface area (Å²) in [6.45, 7) is 8.26. The second kappa shape index (κ2) is 5.23. The lowest BCUT2D eigenvalue weighted by Crippen LogP contribution is -2.47. The van der Waals surface area contributed by atoms with Crippen molar-refractivity contribution < 1.29 is 4.79 Å². The predicted octanol–water partition coefficient (Wildman–Crippen LogP) is 2.52. The number of amides is 1. The van der Waals surface area contributed by atoms with Crippen molar-refractivity contribution in [3.05, 3.63) is 11.4 Å². The minimum absolute atomic E-state index is 0.0413. The zero-order valence-corrected chi connectivity index (χ0v) is 12.2. The molecule has 0 saturated carbocycles. The molecule has 2 heterocycles. The molecule has 3 N–H and O–H groups in total. The van der Waals surface area contributed by atoms with Gasteiger partial charge in [-0.15, -0.1) is 0 Å². The quantitative estimate of drug-likeness (QED) is 0.861. The molecular weight excluding hydrogens is 240 g/mol. The fraction of sp³-hybridized carbons (Fsp3) is 0.714. The maximum atomic E-state index is 12.6. The molecule has 2 atom stereocenters. The highest BCUT2D eigenvalue weighted by Crippen LogP contribution is 2.28. The second-order valence-electron chi connectivity index (χ2n) is 5.90. The van der Waals surface area contributed by atoms with Crippen molar-refractivity contribution in [2.75, 3.05) is 5.73 Å². The number of anilines is 1. The van der Waals surface area contributed by atoms with Gasteiger partial charge in [0.05, 0.1) is 11.4 Å². The molecule has 1 saturated heterocycles. The standard InChI is InChI=1S/C14H24N4O/c1-8(2)12-11(15)13(17-16-12)14(19)18-9(3)6-5-7-10(18)4/h8-10H,5-7,15H2,1-4H3,(H,16,17)/t9-,10+. The molecule has 106 valence electrons. The SMILES string of the molecule is CC(C)c1[nH]nc(C(=O)N2[C@H](C)CCC[C@@H]2C)c1N. The maximum absolute atomic E-state index is 12.6. The van der Waals surface area contributed by atoms with Crippen LogP contribution in [0.25, 0.3) is 0 Å². The Morgan fingerprint density at radius 3 is 2.42 bits per heavy atom. The van der Waals surface area contributed by atoms with Crippen molar-refractivity contribution in [2.45, 2.75) is 65.0 Å². The highest BCUT2D eigenvalue weighted by atomic mass is 16.2. The molecule has 0 aromatic carbocycles. The molecule has 0 unspecified atom stereocenters. The molecule has 1 aromatic heterocycles. The Morgan fingerprint density at radius 2 is 1.95 bits per heavy atom. The van der Waals surface area contributed by atoms with Gasteiger partial charge in [-0.25, -0.2) is 0 Å². The largest absolute Gasteiger partial charge is 0.395 e. The molecule has 1 fully saturated rings. The van der Waals surface area contributed by atoms with Gasteiger partial charge in [0.1, 0.15) is 0 Å².